The third-order valence-electron chi connectivity index (χ3n) is 6.85. The Kier molecular flexibility index (Phi) is 9.45. The molecule has 208 valence electrons. The highest BCUT2D eigenvalue weighted by Gasteiger charge is 2.27. The average molecular weight is 582 g/mol. The van der Waals surface area contributed by atoms with Gasteiger partial charge in [0.05, 0.1) is 27.6 Å². The van der Waals surface area contributed by atoms with E-state index in [1.807, 2.05) is 55.5 Å². The Bertz CT molecular complexity index is 1440. The summed E-state index contributed by atoms with van der Waals surface area (Å²) in [5.74, 6) is -3.49. The normalized spacial score (nSPS) is 14.6. The lowest BCUT2D eigenvalue weighted by Gasteiger charge is -2.17. The number of carboxylic acid groups (broad SMARTS) is 1. The van der Waals surface area contributed by atoms with Crippen LogP contribution in [0.2, 0.25) is 10.0 Å². The first kappa shape index (κ1) is 29.1. The molecule has 0 aromatic heterocycles. The van der Waals surface area contributed by atoms with E-state index >= 15 is 0 Å². The minimum absolute atomic E-state index is 0.0621. The van der Waals surface area contributed by atoms with E-state index in [9.17, 15) is 24.3 Å². The van der Waals surface area contributed by atoms with Crippen molar-refractivity contribution >= 4 is 46.9 Å². The van der Waals surface area contributed by atoms with E-state index in [0.29, 0.717) is 6.54 Å². The lowest BCUT2D eigenvalue weighted by Crippen LogP contribution is -2.41. The van der Waals surface area contributed by atoms with Crippen molar-refractivity contribution in [1.82, 2.24) is 16.0 Å². The molecule has 0 aliphatic heterocycles. The predicted molar refractivity (Wildman–Crippen MR) is 153 cm³/mol. The third kappa shape index (κ3) is 7.20. The Morgan fingerprint density at radius 2 is 1.70 bits per heavy atom. The predicted octanol–water partition coefficient (Wildman–Crippen LogP) is 5.49. The van der Waals surface area contributed by atoms with Crippen LogP contribution in [0.1, 0.15) is 61.9 Å². The van der Waals surface area contributed by atoms with Gasteiger partial charge in [0, 0.05) is 25.1 Å². The highest BCUT2D eigenvalue weighted by molar-refractivity contribution is 6.40. The van der Waals surface area contributed by atoms with E-state index in [4.69, 9.17) is 23.2 Å². The summed E-state index contributed by atoms with van der Waals surface area (Å²) in [7, 11) is 0. The van der Waals surface area contributed by atoms with Crippen LogP contribution in [-0.2, 0) is 17.8 Å². The van der Waals surface area contributed by atoms with Crippen molar-refractivity contribution in [2.75, 3.05) is 6.54 Å². The van der Waals surface area contributed by atoms with Gasteiger partial charge < -0.3 is 21.1 Å². The summed E-state index contributed by atoms with van der Waals surface area (Å²) in [6, 6.07) is 17.5. The van der Waals surface area contributed by atoms with Crippen LogP contribution >= 0.6 is 23.2 Å². The van der Waals surface area contributed by atoms with Crippen LogP contribution < -0.4 is 16.0 Å². The molecule has 8 nitrogen and oxygen atoms in total. The van der Waals surface area contributed by atoms with Gasteiger partial charge in [0.2, 0.25) is 0 Å². The number of ketones is 1. The zero-order valence-electron chi connectivity index (χ0n) is 21.8. The standard InChI is InChI=1S/C30H29Cl2N3O5/c1-17-5-4-6-18(11-17)15-33-28(37)20-12-23(31)27(24(32)13-20)26(36)14-21(29(38)39)16-34-30(40)35-25-10-9-19-7-2-3-8-22(19)25/h2-8,11-13,21,25H,9-10,14-16H2,1H3,(H,33,37)(H,38,39)(H2,34,35,40). The SMILES string of the molecule is Cc1cccc(CNC(=O)c2cc(Cl)c(C(=O)CC(CNC(=O)NC3CCc4ccccc43)C(=O)O)c(Cl)c2)c1. The van der Waals surface area contributed by atoms with Crippen LogP contribution in [-0.4, -0.2) is 35.3 Å². The Morgan fingerprint density at radius 1 is 0.975 bits per heavy atom. The number of nitrogens with one attached hydrogen (secondary N) is 3. The minimum atomic E-state index is -1.25. The Balaban J connectivity index is 1.35. The number of hydrogen-bond acceptors (Lipinski definition) is 4. The van der Waals surface area contributed by atoms with Gasteiger partial charge >= 0.3 is 12.0 Å². The molecule has 3 aromatic carbocycles. The molecule has 2 atom stereocenters. The Morgan fingerprint density at radius 3 is 2.40 bits per heavy atom. The topological polar surface area (TPSA) is 125 Å². The van der Waals surface area contributed by atoms with Gasteiger partial charge in [-0.2, -0.15) is 0 Å². The van der Waals surface area contributed by atoms with Crippen molar-refractivity contribution in [2.45, 2.75) is 38.8 Å². The van der Waals surface area contributed by atoms with Crippen molar-refractivity contribution in [3.05, 3.63) is 104 Å². The lowest BCUT2D eigenvalue weighted by atomic mass is 9.97. The van der Waals surface area contributed by atoms with Gasteiger partial charge in [-0.25, -0.2) is 4.79 Å². The average Bonchev–Trinajstić information content (AvgIpc) is 3.31. The molecular weight excluding hydrogens is 553 g/mol. The number of aliphatic carboxylic acids is 1. The molecule has 3 aromatic rings. The molecule has 3 amide bonds. The first-order valence-corrected chi connectivity index (χ1v) is 13.6. The number of benzene rings is 3. The maximum Gasteiger partial charge on any atom is 0.315 e. The van der Waals surface area contributed by atoms with E-state index in [1.54, 1.807) is 0 Å². The van der Waals surface area contributed by atoms with Crippen molar-refractivity contribution in [3.63, 3.8) is 0 Å². The molecule has 0 heterocycles. The third-order valence-corrected chi connectivity index (χ3v) is 7.44. The number of fused-ring (bicyclic) bond motifs is 1. The fourth-order valence-electron chi connectivity index (χ4n) is 4.78. The minimum Gasteiger partial charge on any atom is -0.481 e. The number of urea groups is 1. The molecule has 10 heteroatoms. The molecule has 0 bridgehead atoms. The second kappa shape index (κ2) is 13.0. The monoisotopic (exact) mass is 581 g/mol. The number of carbonyl (C=O) groups is 4. The number of aryl methyl sites for hydroxylation is 2. The van der Waals surface area contributed by atoms with E-state index in [0.717, 1.165) is 29.5 Å². The maximum absolute atomic E-state index is 13.0. The maximum atomic E-state index is 13.0. The van der Waals surface area contributed by atoms with Gasteiger partial charge in [-0.15, -0.1) is 0 Å². The summed E-state index contributed by atoms with van der Waals surface area (Å²) < 4.78 is 0. The van der Waals surface area contributed by atoms with Crippen LogP contribution in [0.4, 0.5) is 4.79 Å². The first-order valence-electron chi connectivity index (χ1n) is 12.8. The van der Waals surface area contributed by atoms with Crippen LogP contribution in [0.5, 0.6) is 0 Å². The Hall–Kier alpha value is -3.88. The number of halogens is 2. The summed E-state index contributed by atoms with van der Waals surface area (Å²) in [5, 5.41) is 17.8. The van der Waals surface area contributed by atoms with Crippen molar-refractivity contribution < 1.29 is 24.3 Å². The molecule has 0 fully saturated rings. The van der Waals surface area contributed by atoms with Crippen LogP contribution in [0, 0.1) is 12.8 Å². The summed E-state index contributed by atoms with van der Waals surface area (Å²) in [6.45, 7) is 1.98. The zero-order chi connectivity index (χ0) is 28.8. The highest BCUT2D eigenvalue weighted by atomic mass is 35.5. The Labute approximate surface area is 242 Å². The fraction of sp³-hybridized carbons (Fsp3) is 0.267. The molecule has 0 saturated carbocycles. The summed E-state index contributed by atoms with van der Waals surface area (Å²) in [5.41, 5.74) is 4.30. The molecule has 0 radical (unpaired) electrons. The van der Waals surface area contributed by atoms with Crippen molar-refractivity contribution in [1.29, 1.82) is 0 Å². The first-order chi connectivity index (χ1) is 19.1. The van der Waals surface area contributed by atoms with Crippen molar-refractivity contribution in [3.8, 4) is 0 Å². The van der Waals surface area contributed by atoms with E-state index in [2.05, 4.69) is 16.0 Å². The molecular formula is C30H29Cl2N3O5. The number of carbonyl (C=O) groups excluding carboxylic acids is 3. The van der Waals surface area contributed by atoms with E-state index < -0.39 is 36.0 Å². The summed E-state index contributed by atoms with van der Waals surface area (Å²) in [4.78, 5) is 50.0. The lowest BCUT2D eigenvalue weighted by molar-refractivity contribution is -0.141. The number of carboxylic acids is 1. The molecule has 1 aliphatic carbocycles. The van der Waals surface area contributed by atoms with E-state index in [-0.39, 0.29) is 33.8 Å². The van der Waals surface area contributed by atoms with Crippen molar-refractivity contribution in [2.24, 2.45) is 5.92 Å². The molecule has 4 rings (SSSR count). The second-order valence-electron chi connectivity index (χ2n) is 9.79. The van der Waals surface area contributed by atoms with Gasteiger partial charge in [0.25, 0.3) is 5.91 Å². The molecule has 40 heavy (non-hydrogen) atoms. The van der Waals surface area contributed by atoms with E-state index in [1.165, 1.54) is 17.7 Å². The van der Waals surface area contributed by atoms with Gasteiger partial charge in [-0.05, 0) is 48.6 Å². The van der Waals surface area contributed by atoms with Crippen LogP contribution in [0.25, 0.3) is 0 Å². The molecule has 1 aliphatic rings. The number of Topliss-reactive ketones (excluding diaryl/α,β-unsaturated/α-hetero) is 1. The largest absolute Gasteiger partial charge is 0.481 e. The molecule has 0 spiro atoms. The fourth-order valence-corrected chi connectivity index (χ4v) is 5.48. The van der Waals surface area contributed by atoms with Gasteiger partial charge in [-0.1, -0.05) is 77.3 Å². The number of amides is 3. The summed E-state index contributed by atoms with van der Waals surface area (Å²) in [6.07, 6.45) is 1.16. The van der Waals surface area contributed by atoms with Gasteiger partial charge in [-0.3, -0.25) is 14.4 Å². The number of hydrogen-bond donors (Lipinski definition) is 4. The van der Waals surface area contributed by atoms with Crippen LogP contribution in [0.15, 0.2) is 60.7 Å². The smallest absolute Gasteiger partial charge is 0.315 e. The molecule has 4 N–H and O–H groups in total. The zero-order valence-corrected chi connectivity index (χ0v) is 23.3. The number of rotatable bonds is 10. The molecule has 0 saturated heterocycles. The summed E-state index contributed by atoms with van der Waals surface area (Å²) >= 11 is 12.7. The highest BCUT2D eigenvalue weighted by Crippen LogP contribution is 2.31. The quantitative estimate of drug-likeness (QED) is 0.235. The molecule has 2 unspecified atom stereocenters. The van der Waals surface area contributed by atoms with Crippen LogP contribution in [0.3, 0.4) is 0 Å². The second-order valence-corrected chi connectivity index (χ2v) is 10.6. The van der Waals surface area contributed by atoms with Gasteiger partial charge in [0.15, 0.2) is 5.78 Å². The van der Waals surface area contributed by atoms with Gasteiger partial charge in [0.1, 0.15) is 0 Å².